The first kappa shape index (κ1) is 26.2. The summed E-state index contributed by atoms with van der Waals surface area (Å²) in [6, 6.07) is 9.18. The van der Waals surface area contributed by atoms with Gasteiger partial charge in [-0.3, -0.25) is 9.59 Å². The van der Waals surface area contributed by atoms with E-state index in [2.05, 4.69) is 10.2 Å². The Hall–Kier alpha value is -2.84. The molecule has 0 spiro atoms. The van der Waals surface area contributed by atoms with Gasteiger partial charge in [0.1, 0.15) is 0 Å². The Morgan fingerprint density at radius 2 is 1.81 bits per heavy atom. The highest BCUT2D eigenvalue weighted by atomic mass is 32.2. The number of carbonyl (C=O) groups excluding carboxylic acids is 2. The van der Waals surface area contributed by atoms with E-state index < -0.39 is 48.8 Å². The Morgan fingerprint density at radius 1 is 1.14 bits per heavy atom. The van der Waals surface area contributed by atoms with Gasteiger partial charge in [0.25, 0.3) is 15.9 Å². The topological polar surface area (TPSA) is 135 Å². The minimum absolute atomic E-state index is 0.00351. The molecule has 0 bridgehead atoms. The van der Waals surface area contributed by atoms with Crippen LogP contribution in [0.25, 0.3) is 0 Å². The Bertz CT molecular complexity index is 1340. The lowest BCUT2D eigenvalue weighted by atomic mass is 9.72. The molecule has 0 saturated heterocycles. The first-order chi connectivity index (χ1) is 16.7. The van der Waals surface area contributed by atoms with Gasteiger partial charge in [0, 0.05) is 18.7 Å². The number of nitrogens with two attached hydrogens (primary N) is 1. The van der Waals surface area contributed by atoms with Crippen molar-refractivity contribution in [1.82, 2.24) is 19.8 Å². The van der Waals surface area contributed by atoms with E-state index in [4.69, 9.17) is 5.73 Å². The highest BCUT2D eigenvalue weighted by Crippen LogP contribution is 2.52. The van der Waals surface area contributed by atoms with Crippen molar-refractivity contribution in [3.05, 3.63) is 47.2 Å². The third-order valence-electron chi connectivity index (χ3n) is 6.17. The fraction of sp³-hybridized carbons (Fsp3) is 0.455. The number of Topliss-reactive ketones (excluding diaryl/α,β-unsaturated/α-hetero) is 1. The zero-order valence-electron chi connectivity index (χ0n) is 19.4. The SMILES string of the molecule is CC1(C)CC(=O)C2=C(C1)N(CCCc1ccccc1)C(=O)C2(NS(=O)(=O)c1nnc(N)s1)C(F)(F)F. The number of aryl methyl sites for hydroxylation is 1. The number of alkyl halides is 3. The lowest BCUT2D eigenvalue weighted by molar-refractivity contribution is -0.188. The number of sulfonamides is 1. The highest BCUT2D eigenvalue weighted by Gasteiger charge is 2.72. The van der Waals surface area contributed by atoms with Gasteiger partial charge in [-0.05, 0) is 30.2 Å². The van der Waals surface area contributed by atoms with Crippen LogP contribution in [0, 0.1) is 5.41 Å². The summed E-state index contributed by atoms with van der Waals surface area (Å²) in [5.74, 6) is -2.49. The molecular formula is C22H24F3N5O4S2. The summed E-state index contributed by atoms with van der Waals surface area (Å²) in [6.07, 6.45) is -4.97. The van der Waals surface area contributed by atoms with Gasteiger partial charge in [-0.1, -0.05) is 55.5 Å². The Kier molecular flexibility index (Phi) is 6.50. The summed E-state index contributed by atoms with van der Waals surface area (Å²) < 4.78 is 71.0. The van der Waals surface area contributed by atoms with Gasteiger partial charge in [0.15, 0.2) is 5.78 Å². The molecule has 36 heavy (non-hydrogen) atoms. The Morgan fingerprint density at radius 3 is 2.39 bits per heavy atom. The number of rotatable bonds is 7. The molecule has 1 aliphatic heterocycles. The van der Waals surface area contributed by atoms with E-state index in [1.807, 2.05) is 30.3 Å². The maximum Gasteiger partial charge on any atom is 0.421 e. The van der Waals surface area contributed by atoms with Gasteiger partial charge < -0.3 is 10.6 Å². The van der Waals surface area contributed by atoms with Crippen LogP contribution >= 0.6 is 11.3 Å². The van der Waals surface area contributed by atoms with Crippen molar-refractivity contribution in [2.75, 3.05) is 12.3 Å². The van der Waals surface area contributed by atoms with Gasteiger partial charge in [-0.2, -0.15) is 17.9 Å². The number of benzene rings is 1. The minimum atomic E-state index is -5.46. The van der Waals surface area contributed by atoms with E-state index in [1.165, 1.54) is 4.72 Å². The number of hydrogen-bond donors (Lipinski definition) is 2. The molecule has 4 rings (SSSR count). The van der Waals surface area contributed by atoms with Gasteiger partial charge in [-0.15, -0.1) is 10.2 Å². The molecule has 1 amide bonds. The number of amides is 1. The molecule has 1 aliphatic carbocycles. The third-order valence-corrected chi connectivity index (χ3v) is 8.75. The maximum absolute atomic E-state index is 14.8. The number of allylic oxidation sites excluding steroid dienone is 1. The predicted octanol–water partition coefficient (Wildman–Crippen LogP) is 2.82. The van der Waals surface area contributed by atoms with E-state index in [1.54, 1.807) is 13.8 Å². The van der Waals surface area contributed by atoms with Crippen molar-refractivity contribution in [3.8, 4) is 0 Å². The van der Waals surface area contributed by atoms with Crippen LogP contribution in [0.2, 0.25) is 0 Å². The molecule has 1 aromatic carbocycles. The van der Waals surface area contributed by atoms with Crippen molar-refractivity contribution in [2.45, 2.75) is 55.6 Å². The second-order valence-electron chi connectivity index (χ2n) is 9.57. The van der Waals surface area contributed by atoms with Crippen molar-refractivity contribution < 1.29 is 31.2 Å². The molecular weight excluding hydrogens is 519 g/mol. The molecule has 0 fully saturated rings. The number of nitrogens with one attached hydrogen (secondary N) is 1. The van der Waals surface area contributed by atoms with E-state index in [9.17, 15) is 31.2 Å². The monoisotopic (exact) mass is 543 g/mol. The average molecular weight is 544 g/mol. The molecule has 0 radical (unpaired) electrons. The second kappa shape index (κ2) is 8.92. The van der Waals surface area contributed by atoms with Crippen molar-refractivity contribution in [1.29, 1.82) is 0 Å². The summed E-state index contributed by atoms with van der Waals surface area (Å²) in [7, 11) is -5.03. The van der Waals surface area contributed by atoms with Crippen LogP contribution in [0.1, 0.15) is 38.7 Å². The van der Waals surface area contributed by atoms with Crippen LogP contribution in [0.5, 0.6) is 0 Å². The molecule has 2 heterocycles. The van der Waals surface area contributed by atoms with Gasteiger partial charge >= 0.3 is 6.18 Å². The molecule has 1 aromatic heterocycles. The quantitative estimate of drug-likeness (QED) is 0.548. The van der Waals surface area contributed by atoms with Crippen LogP contribution < -0.4 is 10.5 Å². The van der Waals surface area contributed by atoms with Crippen molar-refractivity contribution >= 4 is 38.2 Å². The van der Waals surface area contributed by atoms with Crippen LogP contribution in [0.4, 0.5) is 18.3 Å². The smallest absolute Gasteiger partial charge is 0.374 e. The normalized spacial score (nSPS) is 22.3. The first-order valence-electron chi connectivity index (χ1n) is 11.0. The number of hydrogen-bond acceptors (Lipinski definition) is 8. The van der Waals surface area contributed by atoms with Crippen LogP contribution in [-0.2, 0) is 26.0 Å². The molecule has 14 heteroatoms. The van der Waals surface area contributed by atoms with Gasteiger partial charge in [0.2, 0.25) is 15.0 Å². The van der Waals surface area contributed by atoms with Crippen LogP contribution in [0.15, 0.2) is 45.9 Å². The molecule has 0 saturated carbocycles. The van der Waals surface area contributed by atoms with Crippen molar-refractivity contribution in [3.63, 3.8) is 0 Å². The first-order valence-corrected chi connectivity index (χ1v) is 13.3. The number of carbonyl (C=O) groups is 2. The summed E-state index contributed by atoms with van der Waals surface area (Å²) in [6.45, 7) is 3.30. The summed E-state index contributed by atoms with van der Waals surface area (Å²) in [5.41, 5.74) is 0.854. The van der Waals surface area contributed by atoms with E-state index in [-0.39, 0.29) is 30.2 Å². The van der Waals surface area contributed by atoms with E-state index in [0.717, 1.165) is 10.5 Å². The molecule has 1 atom stereocenters. The van der Waals surface area contributed by atoms with Crippen LogP contribution in [-0.4, -0.2) is 53.5 Å². The zero-order valence-corrected chi connectivity index (χ0v) is 21.1. The predicted molar refractivity (Wildman–Crippen MR) is 125 cm³/mol. The molecule has 2 aliphatic rings. The van der Waals surface area contributed by atoms with E-state index >= 15 is 0 Å². The Labute approximate surface area is 209 Å². The molecule has 2 aromatic rings. The summed E-state index contributed by atoms with van der Waals surface area (Å²) in [5, 5.41) is 6.36. The lowest BCUT2D eigenvalue weighted by Crippen LogP contribution is -2.66. The number of ketones is 1. The minimum Gasteiger partial charge on any atom is -0.374 e. The fourth-order valence-corrected chi connectivity index (χ4v) is 6.79. The van der Waals surface area contributed by atoms with Gasteiger partial charge in [0.05, 0.1) is 5.57 Å². The third kappa shape index (κ3) is 4.52. The number of nitrogens with zero attached hydrogens (tertiary/aromatic N) is 3. The van der Waals surface area contributed by atoms with Crippen molar-refractivity contribution in [2.24, 2.45) is 5.41 Å². The highest BCUT2D eigenvalue weighted by molar-refractivity contribution is 7.91. The number of anilines is 1. The Balaban J connectivity index is 1.79. The zero-order chi connectivity index (χ0) is 26.5. The second-order valence-corrected chi connectivity index (χ2v) is 12.4. The molecule has 194 valence electrons. The summed E-state index contributed by atoms with van der Waals surface area (Å²) in [4.78, 5) is 27.6. The number of nitrogen functional groups attached to an aromatic ring is 1. The maximum atomic E-state index is 14.8. The molecule has 1 unspecified atom stereocenters. The fourth-order valence-electron chi connectivity index (χ4n) is 4.69. The average Bonchev–Trinajstić information content (AvgIpc) is 3.29. The largest absolute Gasteiger partial charge is 0.421 e. The number of halogens is 3. The summed E-state index contributed by atoms with van der Waals surface area (Å²) >= 11 is 0.343. The van der Waals surface area contributed by atoms with Crippen LogP contribution in [0.3, 0.4) is 0 Å². The molecule has 9 nitrogen and oxygen atoms in total. The number of aromatic nitrogens is 2. The standard InChI is InChI=1S/C22H24F3N5O4S2/c1-20(2)11-14-16(15(31)12-20)21(22(23,24)25,29-36(33,34)19-28-27-18(26)35-19)17(32)30(14)10-6-9-13-7-4-3-5-8-13/h3-5,7-8,29H,6,9-12H2,1-2H3,(H2,26,27). The van der Waals surface area contributed by atoms with E-state index in [0.29, 0.717) is 24.2 Å². The lowest BCUT2D eigenvalue weighted by Gasteiger charge is -2.35. The molecule has 3 N–H and O–H groups in total. The van der Waals surface area contributed by atoms with Gasteiger partial charge in [-0.25, -0.2) is 8.42 Å².